The van der Waals surface area contributed by atoms with Crippen molar-refractivity contribution >= 4 is 9.84 Å². The second-order valence-corrected chi connectivity index (χ2v) is 7.01. The molecule has 3 nitrogen and oxygen atoms in total. The fourth-order valence-electron chi connectivity index (χ4n) is 2.54. The SMILES string of the molecule is CNC(C1CCCC(S(C)(=O)=O)C1)C(F)(F)F. The highest BCUT2D eigenvalue weighted by Gasteiger charge is 2.45. The Labute approximate surface area is 99.7 Å². The minimum absolute atomic E-state index is 0.101. The van der Waals surface area contributed by atoms with Crippen molar-refractivity contribution in [3.63, 3.8) is 0 Å². The Morgan fingerprint density at radius 3 is 2.29 bits per heavy atom. The zero-order chi connectivity index (χ0) is 13.3. The fourth-order valence-corrected chi connectivity index (χ4v) is 3.73. The highest BCUT2D eigenvalue weighted by molar-refractivity contribution is 7.91. The van der Waals surface area contributed by atoms with E-state index in [-0.39, 0.29) is 6.42 Å². The van der Waals surface area contributed by atoms with Crippen molar-refractivity contribution in [2.45, 2.75) is 43.2 Å². The molecule has 1 saturated carbocycles. The van der Waals surface area contributed by atoms with Crippen LogP contribution in [0.4, 0.5) is 13.2 Å². The van der Waals surface area contributed by atoms with Crippen molar-refractivity contribution in [3.05, 3.63) is 0 Å². The molecule has 0 radical (unpaired) electrons. The van der Waals surface area contributed by atoms with Crippen LogP contribution in [0.2, 0.25) is 0 Å². The molecule has 0 aliphatic heterocycles. The Hall–Kier alpha value is -0.300. The topological polar surface area (TPSA) is 46.2 Å². The van der Waals surface area contributed by atoms with Crippen LogP contribution in [-0.4, -0.2) is 39.2 Å². The van der Waals surface area contributed by atoms with Crippen LogP contribution in [0.25, 0.3) is 0 Å². The quantitative estimate of drug-likeness (QED) is 0.852. The molecule has 1 aliphatic carbocycles. The molecule has 0 aromatic carbocycles. The molecular weight excluding hydrogens is 255 g/mol. The molecule has 1 fully saturated rings. The van der Waals surface area contributed by atoms with E-state index in [9.17, 15) is 21.6 Å². The second-order valence-electron chi connectivity index (χ2n) is 4.69. The lowest BCUT2D eigenvalue weighted by molar-refractivity contribution is -0.168. The molecular formula is C10H18F3NO2S. The van der Waals surface area contributed by atoms with Gasteiger partial charge in [-0.15, -0.1) is 0 Å². The van der Waals surface area contributed by atoms with E-state index in [4.69, 9.17) is 0 Å². The van der Waals surface area contributed by atoms with Crippen LogP contribution < -0.4 is 5.32 Å². The van der Waals surface area contributed by atoms with Gasteiger partial charge in [0.15, 0.2) is 0 Å². The molecule has 102 valence electrons. The Bertz CT molecular complexity index is 353. The summed E-state index contributed by atoms with van der Waals surface area (Å²) in [4.78, 5) is 0. The third kappa shape index (κ3) is 3.84. The average Bonchev–Trinajstić information content (AvgIpc) is 2.15. The van der Waals surface area contributed by atoms with Gasteiger partial charge < -0.3 is 5.32 Å². The molecule has 17 heavy (non-hydrogen) atoms. The third-order valence-electron chi connectivity index (χ3n) is 3.41. The lowest BCUT2D eigenvalue weighted by Crippen LogP contribution is -2.48. The lowest BCUT2D eigenvalue weighted by Gasteiger charge is -2.34. The van der Waals surface area contributed by atoms with Crippen molar-refractivity contribution in [1.82, 2.24) is 5.32 Å². The number of hydrogen-bond acceptors (Lipinski definition) is 3. The standard InChI is InChI=1S/C10H18F3NO2S/c1-14-9(10(11,12)13)7-4-3-5-8(6-7)17(2,15)16/h7-9,14H,3-6H2,1-2H3. The van der Waals surface area contributed by atoms with Gasteiger partial charge in [0.1, 0.15) is 15.9 Å². The van der Waals surface area contributed by atoms with Crippen LogP contribution in [0.1, 0.15) is 25.7 Å². The number of hydrogen-bond donors (Lipinski definition) is 1. The van der Waals surface area contributed by atoms with Crippen LogP contribution in [0.5, 0.6) is 0 Å². The Morgan fingerprint density at radius 1 is 1.29 bits per heavy atom. The Kier molecular flexibility index (Phi) is 4.46. The van der Waals surface area contributed by atoms with Gasteiger partial charge in [-0.25, -0.2) is 8.42 Å². The zero-order valence-corrected chi connectivity index (χ0v) is 10.7. The molecule has 1 rings (SSSR count). The Morgan fingerprint density at radius 2 is 1.88 bits per heavy atom. The van der Waals surface area contributed by atoms with E-state index >= 15 is 0 Å². The van der Waals surface area contributed by atoms with E-state index in [0.717, 1.165) is 6.26 Å². The van der Waals surface area contributed by atoms with Crippen LogP contribution >= 0.6 is 0 Å². The van der Waals surface area contributed by atoms with Crippen molar-refractivity contribution in [2.75, 3.05) is 13.3 Å². The molecule has 0 aromatic heterocycles. The van der Waals surface area contributed by atoms with Gasteiger partial charge in [0, 0.05) is 6.26 Å². The molecule has 0 amide bonds. The van der Waals surface area contributed by atoms with Crippen LogP contribution in [-0.2, 0) is 9.84 Å². The van der Waals surface area contributed by atoms with E-state index in [2.05, 4.69) is 5.32 Å². The highest BCUT2D eigenvalue weighted by Crippen LogP contribution is 2.36. The minimum atomic E-state index is -4.32. The molecule has 3 atom stereocenters. The summed E-state index contributed by atoms with van der Waals surface area (Å²) in [5.74, 6) is -0.645. The number of rotatable bonds is 3. The number of halogens is 3. The van der Waals surface area contributed by atoms with Crippen LogP contribution in [0.3, 0.4) is 0 Å². The molecule has 0 aromatic rings. The molecule has 7 heteroatoms. The van der Waals surface area contributed by atoms with Gasteiger partial charge in [-0.1, -0.05) is 6.42 Å². The number of sulfone groups is 1. The normalized spacial score (nSPS) is 29.0. The first-order chi connectivity index (χ1) is 7.66. The maximum atomic E-state index is 12.7. The summed E-state index contributed by atoms with van der Waals surface area (Å²) in [6, 6.07) is -1.60. The predicted octanol–water partition coefficient (Wildman–Crippen LogP) is 1.74. The van der Waals surface area contributed by atoms with Crippen molar-refractivity contribution in [3.8, 4) is 0 Å². The summed E-state index contributed by atoms with van der Waals surface area (Å²) < 4.78 is 60.9. The van der Waals surface area contributed by atoms with Crippen LogP contribution in [0, 0.1) is 5.92 Å². The molecule has 1 N–H and O–H groups in total. The average molecular weight is 273 g/mol. The molecule has 0 saturated heterocycles. The molecule has 3 unspecified atom stereocenters. The van der Waals surface area contributed by atoms with Gasteiger partial charge in [-0.05, 0) is 32.2 Å². The lowest BCUT2D eigenvalue weighted by atomic mass is 9.83. The van der Waals surface area contributed by atoms with Gasteiger partial charge in [0.25, 0.3) is 0 Å². The van der Waals surface area contributed by atoms with Gasteiger partial charge in [0.05, 0.1) is 5.25 Å². The smallest absolute Gasteiger partial charge is 0.309 e. The molecule has 1 aliphatic rings. The molecule has 0 bridgehead atoms. The maximum absolute atomic E-state index is 12.7. The minimum Gasteiger partial charge on any atom is -0.309 e. The summed E-state index contributed by atoms with van der Waals surface area (Å²) in [5.41, 5.74) is 0. The van der Waals surface area contributed by atoms with Gasteiger partial charge in [-0.2, -0.15) is 13.2 Å². The number of nitrogens with one attached hydrogen (secondary N) is 1. The first-order valence-electron chi connectivity index (χ1n) is 5.59. The summed E-state index contributed by atoms with van der Waals surface area (Å²) in [6.45, 7) is 0. The third-order valence-corrected chi connectivity index (χ3v) is 5.05. The largest absolute Gasteiger partial charge is 0.404 e. The molecule has 0 spiro atoms. The van der Waals surface area contributed by atoms with E-state index < -0.39 is 33.2 Å². The maximum Gasteiger partial charge on any atom is 0.404 e. The monoisotopic (exact) mass is 273 g/mol. The van der Waals surface area contributed by atoms with Crippen LogP contribution in [0.15, 0.2) is 0 Å². The van der Waals surface area contributed by atoms with Gasteiger partial charge in [-0.3, -0.25) is 0 Å². The number of alkyl halides is 3. The van der Waals surface area contributed by atoms with Gasteiger partial charge >= 0.3 is 6.18 Å². The Balaban J connectivity index is 2.79. The zero-order valence-electron chi connectivity index (χ0n) is 9.92. The first-order valence-corrected chi connectivity index (χ1v) is 7.54. The van der Waals surface area contributed by atoms with Crippen molar-refractivity contribution in [1.29, 1.82) is 0 Å². The van der Waals surface area contributed by atoms with E-state index in [1.807, 2.05) is 0 Å². The van der Waals surface area contributed by atoms with E-state index in [1.165, 1.54) is 7.05 Å². The van der Waals surface area contributed by atoms with E-state index in [0.29, 0.717) is 19.3 Å². The predicted molar refractivity (Wildman–Crippen MR) is 59.5 cm³/mol. The second kappa shape index (κ2) is 5.14. The van der Waals surface area contributed by atoms with Crippen molar-refractivity contribution in [2.24, 2.45) is 5.92 Å². The summed E-state index contributed by atoms with van der Waals surface area (Å²) in [7, 11) is -1.98. The molecule has 0 heterocycles. The summed E-state index contributed by atoms with van der Waals surface area (Å²) in [6.07, 6.45) is -1.68. The summed E-state index contributed by atoms with van der Waals surface area (Å²) >= 11 is 0. The fraction of sp³-hybridized carbons (Fsp3) is 1.00. The first kappa shape index (κ1) is 14.8. The van der Waals surface area contributed by atoms with Gasteiger partial charge in [0.2, 0.25) is 0 Å². The van der Waals surface area contributed by atoms with Crippen molar-refractivity contribution < 1.29 is 21.6 Å². The van der Waals surface area contributed by atoms with E-state index in [1.54, 1.807) is 0 Å². The highest BCUT2D eigenvalue weighted by atomic mass is 32.2. The summed E-state index contributed by atoms with van der Waals surface area (Å²) in [5, 5.41) is 1.64.